The van der Waals surface area contributed by atoms with Crippen molar-refractivity contribution in [2.45, 2.75) is 13.3 Å². The summed E-state index contributed by atoms with van der Waals surface area (Å²) in [5.74, 6) is -1.03. The van der Waals surface area contributed by atoms with Crippen LogP contribution in [0.2, 0.25) is 0 Å². The molecule has 0 aliphatic rings. The Hall–Kier alpha value is -3.65. The summed E-state index contributed by atoms with van der Waals surface area (Å²) in [6, 6.07) is 13.4. The van der Waals surface area contributed by atoms with E-state index in [0.29, 0.717) is 28.7 Å². The highest BCUT2D eigenvalue weighted by Crippen LogP contribution is 2.26. The molecule has 0 aliphatic carbocycles. The first-order valence-electron chi connectivity index (χ1n) is 8.06. The number of aromatic carboxylic acids is 1. The minimum atomic E-state index is -1.03. The lowest BCUT2D eigenvalue weighted by Gasteiger charge is -2.13. The van der Waals surface area contributed by atoms with Crippen LogP contribution in [0.4, 0.5) is 0 Å². The maximum atomic E-state index is 11.6. The number of carbonyl (C=O) groups is 1. The van der Waals surface area contributed by atoms with Gasteiger partial charge in [0.2, 0.25) is 0 Å². The zero-order chi connectivity index (χ0) is 18.7. The molecule has 0 amide bonds. The van der Waals surface area contributed by atoms with Crippen LogP contribution in [-0.4, -0.2) is 20.9 Å². The average molecular weight is 343 g/mol. The molecule has 0 fully saturated rings. The molecule has 5 heteroatoms. The molecule has 128 valence electrons. The molecule has 0 unspecified atom stereocenters. The van der Waals surface area contributed by atoms with E-state index >= 15 is 0 Å². The molecule has 0 spiro atoms. The Morgan fingerprint density at radius 3 is 2.65 bits per heavy atom. The number of hydrogen-bond acceptors (Lipinski definition) is 3. The van der Waals surface area contributed by atoms with Gasteiger partial charge in [-0.25, -0.2) is 9.48 Å². The van der Waals surface area contributed by atoms with Crippen LogP contribution in [0.15, 0.2) is 55.4 Å². The van der Waals surface area contributed by atoms with Gasteiger partial charge in [-0.15, -0.1) is 0 Å². The van der Waals surface area contributed by atoms with Gasteiger partial charge in [-0.2, -0.15) is 10.4 Å². The first-order valence-corrected chi connectivity index (χ1v) is 8.06. The number of carboxylic acid groups (broad SMARTS) is 1. The van der Waals surface area contributed by atoms with Crippen molar-refractivity contribution in [3.05, 3.63) is 88.8 Å². The largest absolute Gasteiger partial charge is 0.478 e. The highest BCUT2D eigenvalue weighted by atomic mass is 16.4. The zero-order valence-corrected chi connectivity index (χ0v) is 14.3. The van der Waals surface area contributed by atoms with Gasteiger partial charge < -0.3 is 5.11 Å². The second-order valence-electron chi connectivity index (χ2n) is 5.91. The van der Waals surface area contributed by atoms with Gasteiger partial charge in [0.15, 0.2) is 0 Å². The summed E-state index contributed by atoms with van der Waals surface area (Å²) in [5.41, 5.74) is 4.42. The van der Waals surface area contributed by atoms with Crippen LogP contribution in [0, 0.1) is 18.3 Å². The van der Waals surface area contributed by atoms with Gasteiger partial charge in [0.25, 0.3) is 0 Å². The standard InChI is InChI=1S/C21H17N3O2/c1-3-18-14(2)20(13-22)16(12-19(18)21(25)26)11-15-5-7-17(8-6-15)24-10-4-9-23-24/h3-10,12H,1,11H2,2H3,(H,25,26). The van der Waals surface area contributed by atoms with Crippen LogP contribution in [0.3, 0.4) is 0 Å². The van der Waals surface area contributed by atoms with Gasteiger partial charge in [-0.1, -0.05) is 24.8 Å². The lowest BCUT2D eigenvalue weighted by Crippen LogP contribution is -2.07. The van der Waals surface area contributed by atoms with E-state index in [4.69, 9.17) is 0 Å². The van der Waals surface area contributed by atoms with E-state index in [9.17, 15) is 15.2 Å². The number of aromatic nitrogens is 2. The van der Waals surface area contributed by atoms with Gasteiger partial charge in [-0.05, 0) is 59.9 Å². The lowest BCUT2D eigenvalue weighted by atomic mass is 9.90. The Bertz CT molecular complexity index is 1010. The molecule has 3 rings (SSSR count). The maximum absolute atomic E-state index is 11.6. The third kappa shape index (κ3) is 3.13. The van der Waals surface area contributed by atoms with Crippen LogP contribution in [0.1, 0.15) is 38.2 Å². The van der Waals surface area contributed by atoms with E-state index in [1.807, 2.05) is 36.5 Å². The molecule has 5 nitrogen and oxygen atoms in total. The fourth-order valence-electron chi connectivity index (χ4n) is 3.04. The van der Waals surface area contributed by atoms with Crippen molar-refractivity contribution in [1.29, 1.82) is 5.26 Å². The Morgan fingerprint density at radius 2 is 2.12 bits per heavy atom. The first-order chi connectivity index (χ1) is 12.5. The van der Waals surface area contributed by atoms with Crippen molar-refractivity contribution in [3.63, 3.8) is 0 Å². The topological polar surface area (TPSA) is 78.9 Å². The predicted molar refractivity (Wildman–Crippen MR) is 99.3 cm³/mol. The molecule has 0 bridgehead atoms. The molecule has 3 aromatic rings. The molecule has 1 heterocycles. The molecular formula is C21H17N3O2. The third-order valence-electron chi connectivity index (χ3n) is 4.36. The van der Waals surface area contributed by atoms with Crippen molar-refractivity contribution in [3.8, 4) is 11.8 Å². The smallest absolute Gasteiger partial charge is 0.336 e. The molecule has 0 radical (unpaired) electrons. The number of rotatable bonds is 5. The summed E-state index contributed by atoms with van der Waals surface area (Å²) in [4.78, 5) is 11.6. The maximum Gasteiger partial charge on any atom is 0.336 e. The zero-order valence-electron chi connectivity index (χ0n) is 14.3. The van der Waals surface area contributed by atoms with E-state index in [2.05, 4.69) is 17.7 Å². The Balaban J connectivity index is 2.00. The quantitative estimate of drug-likeness (QED) is 0.760. The monoisotopic (exact) mass is 343 g/mol. The van der Waals surface area contributed by atoms with Gasteiger partial charge >= 0.3 is 5.97 Å². The number of nitriles is 1. The van der Waals surface area contributed by atoms with Gasteiger partial charge in [0.1, 0.15) is 0 Å². The Labute approximate surface area is 151 Å². The van der Waals surface area contributed by atoms with Crippen molar-refractivity contribution in [2.24, 2.45) is 0 Å². The van der Waals surface area contributed by atoms with Crippen LogP contribution in [0.5, 0.6) is 0 Å². The van der Waals surface area contributed by atoms with Gasteiger partial charge in [0, 0.05) is 12.4 Å². The molecule has 2 aromatic carbocycles. The minimum Gasteiger partial charge on any atom is -0.478 e. The van der Waals surface area contributed by atoms with Crippen molar-refractivity contribution in [1.82, 2.24) is 9.78 Å². The van der Waals surface area contributed by atoms with E-state index in [0.717, 1.165) is 11.3 Å². The van der Waals surface area contributed by atoms with Gasteiger partial charge in [0.05, 0.1) is 22.9 Å². The second-order valence-corrected chi connectivity index (χ2v) is 5.91. The number of nitrogens with zero attached hydrogens (tertiary/aromatic N) is 3. The van der Waals surface area contributed by atoms with E-state index < -0.39 is 5.97 Å². The molecular weight excluding hydrogens is 326 g/mol. The lowest BCUT2D eigenvalue weighted by molar-refractivity contribution is 0.0696. The summed E-state index contributed by atoms with van der Waals surface area (Å²) in [6.45, 7) is 5.43. The molecule has 0 saturated carbocycles. The Morgan fingerprint density at radius 1 is 1.38 bits per heavy atom. The minimum absolute atomic E-state index is 0.166. The summed E-state index contributed by atoms with van der Waals surface area (Å²) in [6.07, 6.45) is 5.53. The van der Waals surface area contributed by atoms with E-state index in [1.165, 1.54) is 6.08 Å². The highest BCUT2D eigenvalue weighted by Gasteiger charge is 2.17. The molecule has 1 N–H and O–H groups in total. The van der Waals surface area contributed by atoms with Crippen molar-refractivity contribution < 1.29 is 9.90 Å². The molecule has 1 aromatic heterocycles. The Kier molecular flexibility index (Phi) is 4.68. The van der Waals surface area contributed by atoms with Crippen LogP contribution >= 0.6 is 0 Å². The number of hydrogen-bond donors (Lipinski definition) is 1. The van der Waals surface area contributed by atoms with E-state index in [1.54, 1.807) is 23.9 Å². The SMILES string of the molecule is C=Cc1c(C(=O)O)cc(Cc2ccc(-n3cccn3)cc2)c(C#N)c1C. The fraction of sp³-hybridized carbons (Fsp3) is 0.0952. The van der Waals surface area contributed by atoms with Crippen LogP contribution in [0.25, 0.3) is 11.8 Å². The number of benzene rings is 2. The van der Waals surface area contributed by atoms with Crippen molar-refractivity contribution >= 4 is 12.0 Å². The molecule has 0 saturated heterocycles. The summed E-state index contributed by atoms with van der Waals surface area (Å²) in [7, 11) is 0. The predicted octanol–water partition coefficient (Wildman–Crippen LogP) is 3.98. The van der Waals surface area contributed by atoms with Crippen LogP contribution in [-0.2, 0) is 6.42 Å². The third-order valence-corrected chi connectivity index (χ3v) is 4.36. The second kappa shape index (κ2) is 7.08. The van der Waals surface area contributed by atoms with Gasteiger partial charge in [-0.3, -0.25) is 0 Å². The summed E-state index contributed by atoms with van der Waals surface area (Å²) >= 11 is 0. The summed E-state index contributed by atoms with van der Waals surface area (Å²) < 4.78 is 1.76. The normalized spacial score (nSPS) is 10.3. The van der Waals surface area contributed by atoms with Crippen molar-refractivity contribution in [2.75, 3.05) is 0 Å². The molecule has 26 heavy (non-hydrogen) atoms. The number of carboxylic acids is 1. The van der Waals surface area contributed by atoms with Crippen LogP contribution < -0.4 is 0 Å². The first kappa shape index (κ1) is 17.2. The average Bonchev–Trinajstić information content (AvgIpc) is 3.17. The molecule has 0 aliphatic heterocycles. The van der Waals surface area contributed by atoms with E-state index in [-0.39, 0.29) is 5.56 Å². The summed E-state index contributed by atoms with van der Waals surface area (Å²) in [5, 5.41) is 23.2. The fourth-order valence-corrected chi connectivity index (χ4v) is 3.04. The molecule has 0 atom stereocenters. The highest BCUT2D eigenvalue weighted by molar-refractivity contribution is 5.93.